The van der Waals surface area contributed by atoms with E-state index < -0.39 is 0 Å². The molecule has 0 aromatic heterocycles. The lowest BCUT2D eigenvalue weighted by Crippen LogP contribution is -1.83. The fourth-order valence-corrected chi connectivity index (χ4v) is 2.81. The summed E-state index contributed by atoms with van der Waals surface area (Å²) in [6, 6.07) is 0. The van der Waals surface area contributed by atoms with E-state index in [1.54, 1.807) is 11.8 Å². The molecule has 0 aliphatic carbocycles. The maximum absolute atomic E-state index is 3.80. The zero-order valence-electron chi connectivity index (χ0n) is 12.7. The van der Waals surface area contributed by atoms with E-state index in [2.05, 4.69) is 13.2 Å². The third kappa shape index (κ3) is 16.4. The predicted octanol–water partition coefficient (Wildman–Crippen LogP) is 6.99. The van der Waals surface area contributed by atoms with Crippen LogP contribution < -0.4 is 0 Å². The molecule has 0 nitrogen and oxygen atoms in total. The number of unbranched alkanes of at least 4 members (excludes halogenated alkanes) is 13. The van der Waals surface area contributed by atoms with Gasteiger partial charge in [-0.2, -0.15) is 11.8 Å². The van der Waals surface area contributed by atoms with Crippen molar-refractivity contribution in [2.24, 2.45) is 0 Å². The Bertz CT molecular complexity index is 118. The molecule has 109 valence electrons. The van der Waals surface area contributed by atoms with Gasteiger partial charge in [-0.05, 0) is 12.2 Å². The lowest BCUT2D eigenvalue weighted by atomic mass is 10.0. The maximum Gasteiger partial charge on any atom is 0.00235 e. The second-order valence-electron chi connectivity index (χ2n) is 5.50. The zero-order chi connectivity index (χ0) is 13.3. The Morgan fingerprint density at radius 2 is 0.889 bits per heavy atom. The molecule has 0 saturated carbocycles. The topological polar surface area (TPSA) is 0 Å². The van der Waals surface area contributed by atoms with E-state index in [9.17, 15) is 0 Å². The van der Waals surface area contributed by atoms with Gasteiger partial charge in [-0.15, -0.1) is 0 Å². The fourth-order valence-electron chi connectivity index (χ4n) is 2.40. The molecule has 0 atom stereocenters. The van der Waals surface area contributed by atoms with Crippen LogP contribution in [0.1, 0.15) is 96.8 Å². The third-order valence-corrected chi connectivity index (χ3v) is 4.22. The molecule has 0 amide bonds. The minimum atomic E-state index is 1.25. The lowest BCUT2D eigenvalue weighted by Gasteiger charge is -2.02. The van der Waals surface area contributed by atoms with Crippen LogP contribution in [0.4, 0.5) is 0 Å². The molecule has 0 spiro atoms. The molecule has 0 saturated heterocycles. The molecule has 1 heteroatoms. The van der Waals surface area contributed by atoms with E-state index in [1.165, 1.54) is 95.6 Å². The molecule has 0 fully saturated rings. The summed E-state index contributed by atoms with van der Waals surface area (Å²) in [5.41, 5.74) is 0. The van der Waals surface area contributed by atoms with E-state index in [0.29, 0.717) is 0 Å². The van der Waals surface area contributed by atoms with Crippen LogP contribution in [0.5, 0.6) is 0 Å². The van der Waals surface area contributed by atoms with Crippen LogP contribution in [0, 0.1) is 6.26 Å². The Hall–Kier alpha value is 0.350. The first-order valence-electron chi connectivity index (χ1n) is 8.28. The van der Waals surface area contributed by atoms with Gasteiger partial charge in [-0.3, -0.25) is 0 Å². The van der Waals surface area contributed by atoms with E-state index in [1.807, 2.05) is 0 Å². The molecular weight excluding hydrogens is 236 g/mol. The summed E-state index contributed by atoms with van der Waals surface area (Å²) in [4.78, 5) is 0. The van der Waals surface area contributed by atoms with E-state index in [0.717, 1.165) is 0 Å². The van der Waals surface area contributed by atoms with Crippen molar-refractivity contribution in [2.75, 3.05) is 5.75 Å². The monoisotopic (exact) mass is 271 g/mol. The van der Waals surface area contributed by atoms with Gasteiger partial charge in [0.05, 0.1) is 0 Å². The number of thioether (sulfide) groups is 1. The smallest absolute Gasteiger partial charge is 0.00235 e. The number of rotatable bonds is 15. The molecule has 18 heavy (non-hydrogen) atoms. The summed E-state index contributed by atoms with van der Waals surface area (Å²) in [5.74, 6) is 1.25. The van der Waals surface area contributed by atoms with Gasteiger partial charge in [-0.25, -0.2) is 0 Å². The molecule has 0 aromatic rings. The van der Waals surface area contributed by atoms with E-state index >= 15 is 0 Å². The minimum Gasteiger partial charge on any atom is -0.161 e. The van der Waals surface area contributed by atoms with Crippen LogP contribution in [-0.4, -0.2) is 5.75 Å². The Morgan fingerprint density at radius 1 is 0.556 bits per heavy atom. The van der Waals surface area contributed by atoms with Crippen LogP contribution in [0.25, 0.3) is 0 Å². The largest absolute Gasteiger partial charge is 0.161 e. The molecule has 0 rings (SSSR count). The molecule has 0 N–H and O–H groups in total. The summed E-state index contributed by atoms with van der Waals surface area (Å²) in [6.07, 6.45) is 24.1. The molecule has 0 bridgehead atoms. The van der Waals surface area contributed by atoms with Crippen molar-refractivity contribution < 1.29 is 0 Å². The van der Waals surface area contributed by atoms with E-state index in [4.69, 9.17) is 0 Å². The zero-order valence-corrected chi connectivity index (χ0v) is 13.5. The highest BCUT2D eigenvalue weighted by molar-refractivity contribution is 8.00. The van der Waals surface area contributed by atoms with Gasteiger partial charge in [0.15, 0.2) is 0 Å². The Kier molecular flexibility index (Phi) is 17.7. The van der Waals surface area contributed by atoms with Crippen molar-refractivity contribution in [2.45, 2.75) is 96.8 Å². The lowest BCUT2D eigenvalue weighted by molar-refractivity contribution is 0.538. The normalized spacial score (nSPS) is 11.0. The molecule has 0 aromatic carbocycles. The first kappa shape index (κ1) is 18.4. The number of hydrogen-bond donors (Lipinski definition) is 0. The Balaban J connectivity index is 2.86. The average molecular weight is 272 g/mol. The molecule has 0 unspecified atom stereocenters. The average Bonchev–Trinajstić information content (AvgIpc) is 2.39. The van der Waals surface area contributed by atoms with Crippen molar-refractivity contribution in [1.82, 2.24) is 0 Å². The van der Waals surface area contributed by atoms with Crippen LogP contribution in [0.3, 0.4) is 0 Å². The Labute approximate surface area is 121 Å². The van der Waals surface area contributed by atoms with Gasteiger partial charge in [-0.1, -0.05) is 90.4 Å². The van der Waals surface area contributed by atoms with Gasteiger partial charge < -0.3 is 0 Å². The number of hydrogen-bond acceptors (Lipinski definition) is 1. The van der Waals surface area contributed by atoms with Gasteiger partial charge in [0.2, 0.25) is 0 Å². The summed E-state index contributed by atoms with van der Waals surface area (Å²) < 4.78 is 0. The van der Waals surface area contributed by atoms with Crippen molar-refractivity contribution in [1.29, 1.82) is 0 Å². The van der Waals surface area contributed by atoms with Gasteiger partial charge in [0.1, 0.15) is 0 Å². The second kappa shape index (κ2) is 17.4. The standard InChI is InChI=1S/C17H35S/c1-3-4-5-6-7-8-9-10-11-12-13-14-15-16-17-18-2/h2-17H2,1H3. The Morgan fingerprint density at radius 3 is 1.22 bits per heavy atom. The highest BCUT2D eigenvalue weighted by Gasteiger charge is 1.93. The van der Waals surface area contributed by atoms with Crippen LogP contribution in [0.2, 0.25) is 0 Å². The van der Waals surface area contributed by atoms with Gasteiger partial charge >= 0.3 is 0 Å². The molecular formula is C17H35S. The summed E-state index contributed by atoms with van der Waals surface area (Å²) in [5, 5.41) is 0. The molecule has 1 radical (unpaired) electrons. The van der Waals surface area contributed by atoms with Gasteiger partial charge in [0.25, 0.3) is 0 Å². The van der Waals surface area contributed by atoms with Crippen molar-refractivity contribution in [3.05, 3.63) is 6.26 Å². The first-order chi connectivity index (χ1) is 8.91. The maximum atomic E-state index is 3.80. The molecule has 0 heterocycles. The second-order valence-corrected chi connectivity index (χ2v) is 6.32. The van der Waals surface area contributed by atoms with Crippen molar-refractivity contribution in [3.8, 4) is 0 Å². The summed E-state index contributed by atoms with van der Waals surface area (Å²) in [7, 11) is 0. The van der Waals surface area contributed by atoms with Crippen molar-refractivity contribution in [3.63, 3.8) is 0 Å². The summed E-state index contributed by atoms with van der Waals surface area (Å²) >= 11 is 1.74. The first-order valence-corrected chi connectivity index (χ1v) is 9.44. The molecule has 0 aliphatic heterocycles. The summed E-state index contributed by atoms with van der Waals surface area (Å²) in [6.45, 7) is 2.29. The molecule has 0 aliphatic rings. The van der Waals surface area contributed by atoms with Crippen LogP contribution >= 0.6 is 11.8 Å². The third-order valence-electron chi connectivity index (χ3n) is 3.64. The predicted molar refractivity (Wildman–Crippen MR) is 88.1 cm³/mol. The van der Waals surface area contributed by atoms with Crippen LogP contribution in [0.15, 0.2) is 0 Å². The minimum absolute atomic E-state index is 1.25. The quantitative estimate of drug-likeness (QED) is 0.289. The SMILES string of the molecule is [CH2]SCCCCCCCCCCCCCCCC. The van der Waals surface area contributed by atoms with Crippen molar-refractivity contribution >= 4 is 11.8 Å². The van der Waals surface area contributed by atoms with E-state index in [-0.39, 0.29) is 0 Å². The van der Waals surface area contributed by atoms with Gasteiger partial charge in [0, 0.05) is 6.26 Å². The van der Waals surface area contributed by atoms with Crippen LogP contribution in [-0.2, 0) is 0 Å². The fraction of sp³-hybridized carbons (Fsp3) is 0.941. The highest BCUT2D eigenvalue weighted by Crippen LogP contribution is 2.13. The highest BCUT2D eigenvalue weighted by atomic mass is 32.2.